The molecule has 2 atom stereocenters. The maximum Gasteiger partial charge on any atom is 0.217 e. The van der Waals surface area contributed by atoms with Gasteiger partial charge in [0, 0.05) is 26.3 Å². The van der Waals surface area contributed by atoms with Crippen molar-refractivity contribution in [1.29, 1.82) is 0 Å². The topological polar surface area (TPSA) is 46.6 Å². The van der Waals surface area contributed by atoms with Crippen LogP contribution in [0.2, 0.25) is 0 Å². The highest BCUT2D eigenvalue weighted by molar-refractivity contribution is 7.89. The van der Waals surface area contributed by atoms with Crippen molar-refractivity contribution < 1.29 is 13.2 Å². The second-order valence-corrected chi connectivity index (χ2v) is 8.90. The molecule has 0 radical (unpaired) electrons. The summed E-state index contributed by atoms with van der Waals surface area (Å²) in [5.74, 6) is 0.878. The quantitative estimate of drug-likeness (QED) is 0.848. The molecule has 128 valence electrons. The third kappa shape index (κ3) is 3.62. The van der Waals surface area contributed by atoms with E-state index in [2.05, 4.69) is 31.2 Å². The van der Waals surface area contributed by atoms with Crippen molar-refractivity contribution in [2.75, 3.05) is 26.3 Å². The second kappa shape index (κ2) is 7.32. The number of nitrogens with zero attached hydrogens (tertiary/aromatic N) is 1. The van der Waals surface area contributed by atoms with E-state index in [1.165, 1.54) is 5.56 Å². The lowest BCUT2D eigenvalue weighted by molar-refractivity contribution is 0.0964. The van der Waals surface area contributed by atoms with Crippen LogP contribution in [0.15, 0.2) is 30.3 Å². The molecule has 2 fully saturated rings. The molecular weight excluding hydrogens is 310 g/mol. The Morgan fingerprint density at radius 1 is 1.13 bits per heavy atom. The minimum atomic E-state index is -3.18. The Labute approximate surface area is 139 Å². The average Bonchev–Trinajstić information content (AvgIpc) is 2.62. The van der Waals surface area contributed by atoms with Gasteiger partial charge in [0.1, 0.15) is 0 Å². The highest BCUT2D eigenvalue weighted by Gasteiger charge is 2.38. The summed E-state index contributed by atoms with van der Waals surface area (Å²) in [4.78, 5) is 0. The fourth-order valence-electron chi connectivity index (χ4n) is 3.97. The lowest BCUT2D eigenvalue weighted by atomic mass is 9.80. The van der Waals surface area contributed by atoms with Gasteiger partial charge in [-0.3, -0.25) is 0 Å². The molecule has 5 heteroatoms. The maximum absolute atomic E-state index is 12.9. The van der Waals surface area contributed by atoms with Crippen LogP contribution in [-0.2, 0) is 14.8 Å². The summed E-state index contributed by atoms with van der Waals surface area (Å²) in [6, 6.07) is 10.5. The molecule has 4 nitrogen and oxygen atoms in total. The van der Waals surface area contributed by atoms with Crippen LogP contribution >= 0.6 is 0 Å². The minimum Gasteiger partial charge on any atom is -0.381 e. The summed E-state index contributed by atoms with van der Waals surface area (Å²) in [6.45, 7) is 4.62. The van der Waals surface area contributed by atoms with Gasteiger partial charge in [-0.2, -0.15) is 0 Å². The summed E-state index contributed by atoms with van der Waals surface area (Å²) < 4.78 is 32.9. The lowest BCUT2D eigenvalue weighted by Crippen LogP contribution is -2.47. The van der Waals surface area contributed by atoms with Crippen molar-refractivity contribution in [2.45, 2.75) is 43.8 Å². The maximum atomic E-state index is 12.9. The number of piperidine rings is 1. The molecule has 23 heavy (non-hydrogen) atoms. The van der Waals surface area contributed by atoms with E-state index in [-0.39, 0.29) is 5.25 Å². The van der Waals surface area contributed by atoms with E-state index in [0.29, 0.717) is 51.0 Å². The van der Waals surface area contributed by atoms with Crippen molar-refractivity contribution in [2.24, 2.45) is 5.92 Å². The standard InChI is InChI=1S/C18H27NO3S/c1-2-15-14-19(23(20,21)17-9-12-22-13-10-17)11-8-18(15)16-6-4-3-5-7-16/h3-7,15,17-18H,2,8-14H2,1H3/t15-,18+/m0/s1. The van der Waals surface area contributed by atoms with Crippen molar-refractivity contribution in [3.8, 4) is 0 Å². The monoisotopic (exact) mass is 337 g/mol. The first-order chi connectivity index (χ1) is 11.1. The van der Waals surface area contributed by atoms with Crippen LogP contribution in [0.3, 0.4) is 0 Å². The normalized spacial score (nSPS) is 27.9. The van der Waals surface area contributed by atoms with Gasteiger partial charge in [0.15, 0.2) is 0 Å². The molecule has 0 spiro atoms. The first-order valence-electron chi connectivity index (χ1n) is 8.74. The highest BCUT2D eigenvalue weighted by Crippen LogP contribution is 2.36. The highest BCUT2D eigenvalue weighted by atomic mass is 32.2. The van der Waals surface area contributed by atoms with Gasteiger partial charge >= 0.3 is 0 Å². The van der Waals surface area contributed by atoms with Crippen molar-refractivity contribution in [3.05, 3.63) is 35.9 Å². The van der Waals surface area contributed by atoms with Crippen LogP contribution in [0.25, 0.3) is 0 Å². The Kier molecular flexibility index (Phi) is 5.39. The van der Waals surface area contributed by atoms with E-state index in [9.17, 15) is 8.42 Å². The molecule has 2 saturated heterocycles. The van der Waals surface area contributed by atoms with Crippen molar-refractivity contribution in [3.63, 3.8) is 0 Å². The number of hydrogen-bond donors (Lipinski definition) is 0. The fraction of sp³-hybridized carbons (Fsp3) is 0.667. The van der Waals surface area contributed by atoms with Gasteiger partial charge in [0.05, 0.1) is 5.25 Å². The molecule has 0 bridgehead atoms. The van der Waals surface area contributed by atoms with Crippen LogP contribution in [-0.4, -0.2) is 44.3 Å². The Morgan fingerprint density at radius 3 is 2.48 bits per heavy atom. The van der Waals surface area contributed by atoms with E-state index < -0.39 is 10.0 Å². The smallest absolute Gasteiger partial charge is 0.217 e. The number of ether oxygens (including phenoxy) is 1. The molecule has 0 unspecified atom stereocenters. The number of benzene rings is 1. The first-order valence-corrected chi connectivity index (χ1v) is 10.2. The van der Waals surface area contributed by atoms with E-state index >= 15 is 0 Å². The minimum absolute atomic E-state index is 0.248. The van der Waals surface area contributed by atoms with E-state index in [1.807, 2.05) is 6.07 Å². The molecule has 2 heterocycles. The summed E-state index contributed by atoms with van der Waals surface area (Å²) in [5.41, 5.74) is 1.35. The molecule has 0 aliphatic carbocycles. The van der Waals surface area contributed by atoms with Crippen LogP contribution in [0, 0.1) is 5.92 Å². The Bertz CT molecular complexity index is 596. The summed E-state index contributed by atoms with van der Waals surface area (Å²) >= 11 is 0. The Balaban J connectivity index is 1.73. The van der Waals surface area contributed by atoms with Crippen molar-refractivity contribution in [1.82, 2.24) is 4.31 Å². The third-order valence-electron chi connectivity index (χ3n) is 5.40. The van der Waals surface area contributed by atoms with E-state index in [4.69, 9.17) is 4.74 Å². The van der Waals surface area contributed by atoms with Crippen LogP contribution < -0.4 is 0 Å². The molecule has 0 N–H and O–H groups in total. The summed E-state index contributed by atoms with van der Waals surface area (Å²) in [5, 5.41) is -0.248. The number of sulfonamides is 1. The van der Waals surface area contributed by atoms with Crippen LogP contribution in [0.1, 0.15) is 44.1 Å². The van der Waals surface area contributed by atoms with Crippen LogP contribution in [0.5, 0.6) is 0 Å². The van der Waals surface area contributed by atoms with Gasteiger partial charge in [-0.25, -0.2) is 12.7 Å². The molecule has 0 aromatic heterocycles. The van der Waals surface area contributed by atoms with Crippen molar-refractivity contribution >= 4 is 10.0 Å². The molecule has 0 amide bonds. The van der Waals surface area contributed by atoms with Gasteiger partial charge in [-0.05, 0) is 36.7 Å². The van der Waals surface area contributed by atoms with Gasteiger partial charge in [0.25, 0.3) is 0 Å². The van der Waals surface area contributed by atoms with Gasteiger partial charge < -0.3 is 4.74 Å². The SMILES string of the molecule is CC[C@H]1CN(S(=O)(=O)C2CCOCC2)CC[C@H]1c1ccccc1. The Hall–Kier alpha value is -0.910. The molecular formula is C18H27NO3S. The zero-order chi connectivity index (χ0) is 16.3. The zero-order valence-electron chi connectivity index (χ0n) is 13.9. The molecule has 1 aromatic carbocycles. The van der Waals surface area contributed by atoms with Gasteiger partial charge in [-0.15, -0.1) is 0 Å². The van der Waals surface area contributed by atoms with Gasteiger partial charge in [-0.1, -0.05) is 43.7 Å². The van der Waals surface area contributed by atoms with Crippen LogP contribution in [0.4, 0.5) is 0 Å². The summed E-state index contributed by atoms with van der Waals surface area (Å²) in [7, 11) is -3.18. The van der Waals surface area contributed by atoms with Gasteiger partial charge in [0.2, 0.25) is 10.0 Å². The second-order valence-electron chi connectivity index (χ2n) is 6.69. The number of hydrogen-bond acceptors (Lipinski definition) is 3. The lowest BCUT2D eigenvalue weighted by Gasteiger charge is -2.39. The zero-order valence-corrected chi connectivity index (χ0v) is 14.7. The predicted octanol–water partition coefficient (Wildman–Crippen LogP) is 3.01. The van der Waals surface area contributed by atoms with E-state index in [0.717, 1.165) is 12.8 Å². The number of rotatable bonds is 4. The molecule has 3 rings (SSSR count). The molecule has 2 aliphatic heterocycles. The molecule has 0 saturated carbocycles. The predicted molar refractivity (Wildman–Crippen MR) is 91.9 cm³/mol. The third-order valence-corrected chi connectivity index (χ3v) is 7.76. The summed E-state index contributed by atoms with van der Waals surface area (Å²) in [6.07, 6.45) is 3.21. The average molecular weight is 337 g/mol. The van der Waals surface area contributed by atoms with E-state index in [1.54, 1.807) is 4.31 Å². The largest absolute Gasteiger partial charge is 0.381 e. The molecule has 1 aromatic rings. The molecule has 2 aliphatic rings. The fourth-order valence-corrected chi connectivity index (χ4v) is 5.94. The first kappa shape index (κ1) is 16.9. The Morgan fingerprint density at radius 2 is 1.83 bits per heavy atom.